The lowest BCUT2D eigenvalue weighted by molar-refractivity contribution is -0.121. The van der Waals surface area contributed by atoms with Crippen LogP contribution in [-0.2, 0) is 16.0 Å². The highest BCUT2D eigenvalue weighted by Crippen LogP contribution is 2.33. The molecule has 1 unspecified atom stereocenters. The third kappa shape index (κ3) is 4.61. The fourth-order valence-corrected chi connectivity index (χ4v) is 3.38. The standard InChI is InChI=1S/C22H22N4O5/c1-29-17-3-5-19-14(7-17)6-15(11-30-19)22(28)26-18-4-2-13(16-9-24-25-10-16)8-20(18)31-12-21(23)27/h2-5,7-10,15H,6,11-12H2,1H3,(H2,23,27)(H,24,25)(H,26,28). The van der Waals surface area contributed by atoms with Gasteiger partial charge in [0.1, 0.15) is 23.9 Å². The Kier molecular flexibility index (Phi) is 5.74. The minimum atomic E-state index is -0.614. The maximum atomic E-state index is 13.0. The number of carbonyl (C=O) groups is 2. The Bertz CT molecular complexity index is 1100. The quantitative estimate of drug-likeness (QED) is 0.535. The summed E-state index contributed by atoms with van der Waals surface area (Å²) in [4.78, 5) is 24.2. The number of fused-ring (bicyclic) bond motifs is 1. The van der Waals surface area contributed by atoms with E-state index in [2.05, 4.69) is 15.5 Å². The summed E-state index contributed by atoms with van der Waals surface area (Å²) in [5, 5.41) is 9.56. The molecule has 0 radical (unpaired) electrons. The molecule has 4 N–H and O–H groups in total. The van der Waals surface area contributed by atoms with Crippen molar-refractivity contribution in [2.24, 2.45) is 11.7 Å². The van der Waals surface area contributed by atoms with Crippen molar-refractivity contribution in [1.29, 1.82) is 0 Å². The summed E-state index contributed by atoms with van der Waals surface area (Å²) in [6.45, 7) is -0.0485. The molecule has 4 rings (SSSR count). The molecule has 9 nitrogen and oxygen atoms in total. The molecular formula is C22H22N4O5. The van der Waals surface area contributed by atoms with Crippen molar-refractivity contribution < 1.29 is 23.8 Å². The summed E-state index contributed by atoms with van der Waals surface area (Å²) < 4.78 is 16.6. The number of benzene rings is 2. The van der Waals surface area contributed by atoms with E-state index in [0.717, 1.165) is 22.4 Å². The predicted molar refractivity (Wildman–Crippen MR) is 113 cm³/mol. The van der Waals surface area contributed by atoms with Crippen molar-refractivity contribution in [3.8, 4) is 28.4 Å². The van der Waals surface area contributed by atoms with Crippen molar-refractivity contribution in [3.63, 3.8) is 0 Å². The van der Waals surface area contributed by atoms with Crippen molar-refractivity contribution in [2.75, 3.05) is 25.6 Å². The van der Waals surface area contributed by atoms with Crippen LogP contribution in [0.4, 0.5) is 5.69 Å². The third-order valence-electron chi connectivity index (χ3n) is 4.99. The van der Waals surface area contributed by atoms with Crippen LogP contribution in [0, 0.1) is 5.92 Å². The van der Waals surface area contributed by atoms with E-state index in [1.165, 1.54) is 0 Å². The molecule has 2 amide bonds. The normalized spacial score (nSPS) is 14.8. The summed E-state index contributed by atoms with van der Waals surface area (Å²) in [6.07, 6.45) is 3.91. The van der Waals surface area contributed by atoms with Crippen LogP contribution in [0.15, 0.2) is 48.8 Å². The first-order chi connectivity index (χ1) is 15.0. The number of nitrogens with one attached hydrogen (secondary N) is 2. The van der Waals surface area contributed by atoms with Gasteiger partial charge in [-0.05, 0) is 47.9 Å². The van der Waals surface area contributed by atoms with Gasteiger partial charge in [0.2, 0.25) is 5.91 Å². The van der Waals surface area contributed by atoms with E-state index in [1.54, 1.807) is 31.6 Å². The molecule has 2 aromatic carbocycles. The summed E-state index contributed by atoms with van der Waals surface area (Å²) in [5.74, 6) is 0.577. The van der Waals surface area contributed by atoms with E-state index in [-0.39, 0.29) is 19.1 Å². The summed E-state index contributed by atoms with van der Waals surface area (Å²) in [7, 11) is 1.59. The van der Waals surface area contributed by atoms with E-state index in [4.69, 9.17) is 19.9 Å². The zero-order chi connectivity index (χ0) is 21.8. The molecule has 1 aliphatic heterocycles. The van der Waals surface area contributed by atoms with Crippen molar-refractivity contribution >= 4 is 17.5 Å². The number of amides is 2. The van der Waals surface area contributed by atoms with E-state index >= 15 is 0 Å². The van der Waals surface area contributed by atoms with Crippen LogP contribution >= 0.6 is 0 Å². The van der Waals surface area contributed by atoms with Crippen LogP contribution in [0.2, 0.25) is 0 Å². The van der Waals surface area contributed by atoms with Gasteiger partial charge < -0.3 is 25.3 Å². The molecular weight excluding hydrogens is 400 g/mol. The molecule has 0 saturated heterocycles. The molecule has 160 valence electrons. The first kappa shape index (κ1) is 20.3. The van der Waals surface area contributed by atoms with E-state index in [9.17, 15) is 9.59 Å². The lowest BCUT2D eigenvalue weighted by atomic mass is 9.95. The molecule has 2 heterocycles. The highest BCUT2D eigenvalue weighted by atomic mass is 16.5. The second-order valence-electron chi connectivity index (χ2n) is 7.13. The molecule has 0 spiro atoms. The first-order valence-corrected chi connectivity index (χ1v) is 9.68. The van der Waals surface area contributed by atoms with Crippen molar-refractivity contribution in [3.05, 3.63) is 54.4 Å². The zero-order valence-electron chi connectivity index (χ0n) is 16.9. The van der Waals surface area contributed by atoms with Gasteiger partial charge in [0.05, 0.1) is 24.9 Å². The first-order valence-electron chi connectivity index (χ1n) is 9.68. The largest absolute Gasteiger partial charge is 0.497 e. The van der Waals surface area contributed by atoms with Gasteiger partial charge in [0, 0.05) is 11.8 Å². The Morgan fingerprint density at radius 1 is 1.26 bits per heavy atom. The molecule has 0 aliphatic carbocycles. The summed E-state index contributed by atoms with van der Waals surface area (Å²) in [6, 6.07) is 10.8. The van der Waals surface area contributed by atoms with E-state index in [0.29, 0.717) is 23.6 Å². The van der Waals surface area contributed by atoms with Gasteiger partial charge in [-0.25, -0.2) is 0 Å². The number of primary amides is 1. The van der Waals surface area contributed by atoms with Crippen LogP contribution in [0.3, 0.4) is 0 Å². The zero-order valence-corrected chi connectivity index (χ0v) is 16.9. The van der Waals surface area contributed by atoms with Crippen LogP contribution in [-0.4, -0.2) is 42.3 Å². The van der Waals surface area contributed by atoms with Gasteiger partial charge in [0.25, 0.3) is 5.91 Å². The maximum absolute atomic E-state index is 13.0. The second-order valence-corrected chi connectivity index (χ2v) is 7.13. The SMILES string of the molecule is COc1ccc2c(c1)CC(C(=O)Nc1ccc(-c3cn[nH]c3)cc1OCC(N)=O)CO2. The Morgan fingerprint density at radius 3 is 2.87 bits per heavy atom. The van der Waals surface area contributed by atoms with E-state index in [1.807, 2.05) is 24.3 Å². The second kappa shape index (κ2) is 8.78. The summed E-state index contributed by atoms with van der Waals surface area (Å²) in [5.41, 5.74) is 8.22. The lowest BCUT2D eigenvalue weighted by Gasteiger charge is -2.25. The van der Waals surface area contributed by atoms with Crippen LogP contribution in [0.5, 0.6) is 17.2 Å². The van der Waals surface area contributed by atoms with Gasteiger partial charge in [-0.2, -0.15) is 5.10 Å². The summed E-state index contributed by atoms with van der Waals surface area (Å²) >= 11 is 0. The number of rotatable bonds is 7. The Morgan fingerprint density at radius 2 is 2.13 bits per heavy atom. The molecule has 3 aromatic rings. The van der Waals surface area contributed by atoms with Crippen LogP contribution < -0.4 is 25.3 Å². The van der Waals surface area contributed by atoms with Gasteiger partial charge in [-0.15, -0.1) is 0 Å². The number of anilines is 1. The minimum Gasteiger partial charge on any atom is -0.497 e. The molecule has 1 atom stereocenters. The number of carbonyl (C=O) groups excluding carboxylic acids is 2. The number of nitrogens with zero attached hydrogens (tertiary/aromatic N) is 1. The minimum absolute atomic E-state index is 0.214. The third-order valence-corrected chi connectivity index (χ3v) is 4.99. The van der Waals surface area contributed by atoms with Gasteiger partial charge >= 0.3 is 0 Å². The maximum Gasteiger partial charge on any atom is 0.255 e. The average molecular weight is 422 g/mol. The Hall–Kier alpha value is -4.01. The van der Waals surface area contributed by atoms with Crippen LogP contribution in [0.1, 0.15) is 5.56 Å². The molecule has 1 aromatic heterocycles. The van der Waals surface area contributed by atoms with Crippen molar-refractivity contribution in [2.45, 2.75) is 6.42 Å². The molecule has 31 heavy (non-hydrogen) atoms. The molecule has 0 fully saturated rings. The van der Waals surface area contributed by atoms with E-state index < -0.39 is 11.8 Å². The fourth-order valence-electron chi connectivity index (χ4n) is 3.38. The molecule has 0 saturated carbocycles. The fraction of sp³-hybridized carbons (Fsp3) is 0.227. The predicted octanol–water partition coefficient (Wildman–Crippen LogP) is 2.14. The lowest BCUT2D eigenvalue weighted by Crippen LogP contribution is -2.32. The molecule has 1 aliphatic rings. The Labute approximate surface area is 178 Å². The Balaban J connectivity index is 1.53. The highest BCUT2D eigenvalue weighted by molar-refractivity contribution is 5.95. The number of aromatic nitrogens is 2. The average Bonchev–Trinajstić information content (AvgIpc) is 3.32. The number of H-pyrrole nitrogens is 1. The smallest absolute Gasteiger partial charge is 0.255 e. The van der Waals surface area contributed by atoms with Gasteiger partial charge in [-0.1, -0.05) is 6.07 Å². The topological polar surface area (TPSA) is 129 Å². The molecule has 9 heteroatoms. The highest BCUT2D eigenvalue weighted by Gasteiger charge is 2.27. The number of methoxy groups -OCH3 is 1. The number of hydrogen-bond acceptors (Lipinski definition) is 6. The van der Waals surface area contributed by atoms with Crippen molar-refractivity contribution in [1.82, 2.24) is 10.2 Å². The number of aromatic amines is 1. The number of hydrogen-bond donors (Lipinski definition) is 3. The van der Waals surface area contributed by atoms with Crippen LogP contribution in [0.25, 0.3) is 11.1 Å². The van der Waals surface area contributed by atoms with Gasteiger partial charge in [0.15, 0.2) is 6.61 Å². The monoisotopic (exact) mass is 422 g/mol. The number of ether oxygens (including phenoxy) is 3. The van der Waals surface area contributed by atoms with Gasteiger partial charge in [-0.3, -0.25) is 14.7 Å². The number of nitrogens with two attached hydrogens (primary N) is 1. The molecule has 0 bridgehead atoms.